The predicted molar refractivity (Wildman–Crippen MR) is 41.2 cm³/mol. The number of rotatable bonds is 2. The third-order valence-corrected chi connectivity index (χ3v) is 0.618. The minimum atomic E-state index is -4.64. The molecule has 0 bridgehead atoms. The van der Waals surface area contributed by atoms with Gasteiger partial charge in [0, 0.05) is 0 Å². The number of hydrogen-bond acceptors (Lipinski definition) is 4. The van der Waals surface area contributed by atoms with Crippen LogP contribution >= 0.6 is 7.82 Å². The third kappa shape index (κ3) is 18.3. The molecule has 0 spiro atoms. The van der Waals surface area contributed by atoms with Gasteiger partial charge < -0.3 is 24.9 Å². The zero-order chi connectivity index (χ0) is 11.1. The Morgan fingerprint density at radius 3 is 1.85 bits per heavy atom. The first-order valence-electron chi connectivity index (χ1n) is 2.80. The summed E-state index contributed by atoms with van der Waals surface area (Å²) >= 11 is 0. The van der Waals surface area contributed by atoms with Crippen molar-refractivity contribution in [2.45, 2.75) is 6.10 Å². The molecule has 0 saturated carbocycles. The van der Waals surface area contributed by atoms with Gasteiger partial charge in [-0.3, -0.25) is 4.79 Å². The van der Waals surface area contributed by atoms with E-state index in [1.165, 1.54) is 0 Å². The van der Waals surface area contributed by atoms with E-state index in [1.54, 1.807) is 5.92 Å². The summed E-state index contributed by atoms with van der Waals surface area (Å²) in [4.78, 5) is 31.7. The number of hydrogen-bond donors (Lipinski definition) is 5. The zero-order valence-electron chi connectivity index (χ0n) is 6.36. The van der Waals surface area contributed by atoms with Crippen LogP contribution in [0.3, 0.4) is 0 Å². The van der Waals surface area contributed by atoms with Crippen LogP contribution in [0.5, 0.6) is 0 Å². The second kappa shape index (κ2) is 6.74. The highest BCUT2D eigenvalue weighted by Gasteiger charge is 2.08. The Bertz CT molecular complexity index is 227. The van der Waals surface area contributed by atoms with E-state index in [-0.39, 0.29) is 0 Å². The average molecular weight is 212 g/mol. The largest absolute Gasteiger partial charge is 0.466 e. The molecule has 0 amide bonds. The third-order valence-electron chi connectivity index (χ3n) is 0.618. The van der Waals surface area contributed by atoms with Gasteiger partial charge in [-0.2, -0.15) is 0 Å². The van der Waals surface area contributed by atoms with Crippen LogP contribution in [0.1, 0.15) is 0 Å². The topological polar surface area (TPSA) is 135 Å². The molecule has 5 N–H and O–H groups in total. The first-order chi connectivity index (χ1) is 5.72. The molecule has 0 heterocycles. The fourth-order valence-electron chi connectivity index (χ4n) is 0.179. The summed E-state index contributed by atoms with van der Waals surface area (Å²) in [5.74, 6) is 0.882. The van der Waals surface area contributed by atoms with Gasteiger partial charge in [-0.15, -0.1) is 6.42 Å². The normalized spacial score (nSPS) is 12.0. The molecule has 0 aliphatic heterocycles. The Morgan fingerprint density at radius 1 is 1.46 bits per heavy atom. The summed E-state index contributed by atoms with van der Waals surface area (Å²) in [5, 5.41) is 16.5. The zero-order valence-corrected chi connectivity index (χ0v) is 7.26. The van der Waals surface area contributed by atoms with E-state index >= 15 is 0 Å². The maximum absolute atomic E-state index is 10.1. The van der Waals surface area contributed by atoms with Crippen molar-refractivity contribution in [3.63, 3.8) is 0 Å². The molecule has 0 aliphatic carbocycles. The molecule has 0 fully saturated rings. The van der Waals surface area contributed by atoms with Gasteiger partial charge in [-0.1, -0.05) is 0 Å². The smallest absolute Gasteiger partial charge is 0.393 e. The van der Waals surface area contributed by atoms with Crippen molar-refractivity contribution in [2.24, 2.45) is 0 Å². The summed E-state index contributed by atoms with van der Waals surface area (Å²) in [6.07, 6.45) is 3.18. The van der Waals surface area contributed by atoms with Crippen molar-refractivity contribution in [3.8, 4) is 12.3 Å². The number of ketones is 1. The maximum atomic E-state index is 10.1. The monoisotopic (exact) mass is 212 g/mol. The van der Waals surface area contributed by atoms with Gasteiger partial charge in [0.2, 0.25) is 5.78 Å². The highest BCUT2D eigenvalue weighted by atomic mass is 31.2. The molecule has 0 rings (SSSR count). The summed E-state index contributed by atoms with van der Waals surface area (Å²) < 4.78 is 8.88. The quantitative estimate of drug-likeness (QED) is 0.196. The number of aliphatic hydroxyl groups is 2. The van der Waals surface area contributed by atoms with E-state index < -0.39 is 26.3 Å². The van der Waals surface area contributed by atoms with E-state index in [0.29, 0.717) is 0 Å². The van der Waals surface area contributed by atoms with Crippen molar-refractivity contribution in [3.05, 3.63) is 0 Å². The van der Waals surface area contributed by atoms with E-state index in [0.717, 1.165) is 0 Å². The van der Waals surface area contributed by atoms with Crippen LogP contribution < -0.4 is 0 Å². The van der Waals surface area contributed by atoms with E-state index in [1.807, 2.05) is 0 Å². The second-order valence-electron chi connectivity index (χ2n) is 1.72. The SMILES string of the molecule is C#CC(=O)C(O)CO.O=P(O)(O)O. The maximum Gasteiger partial charge on any atom is 0.466 e. The van der Waals surface area contributed by atoms with Crippen LogP contribution in [0.25, 0.3) is 0 Å². The second-order valence-corrected chi connectivity index (χ2v) is 2.75. The van der Waals surface area contributed by atoms with Crippen LogP contribution in [0.4, 0.5) is 0 Å². The van der Waals surface area contributed by atoms with Crippen molar-refractivity contribution in [1.82, 2.24) is 0 Å². The predicted octanol–water partition coefficient (Wildman–Crippen LogP) is -2.39. The molecule has 0 aromatic rings. The number of phosphoric acid groups is 1. The lowest BCUT2D eigenvalue weighted by molar-refractivity contribution is -0.123. The van der Waals surface area contributed by atoms with Crippen LogP contribution in [0.15, 0.2) is 0 Å². The summed E-state index contributed by atoms with van der Waals surface area (Å²) in [5.41, 5.74) is 0. The van der Waals surface area contributed by atoms with Crippen molar-refractivity contribution in [2.75, 3.05) is 6.61 Å². The number of Topliss-reactive ketones (excluding diaryl/α,β-unsaturated/α-hetero) is 1. The van der Waals surface area contributed by atoms with Crippen molar-refractivity contribution >= 4 is 13.6 Å². The fraction of sp³-hybridized carbons (Fsp3) is 0.400. The van der Waals surface area contributed by atoms with Crippen LogP contribution in [-0.4, -0.2) is 43.4 Å². The fourth-order valence-corrected chi connectivity index (χ4v) is 0.179. The lowest BCUT2D eigenvalue weighted by atomic mass is 10.2. The summed E-state index contributed by atoms with van der Waals surface area (Å²) in [6, 6.07) is 0. The number of carbonyl (C=O) groups excluding carboxylic acids is 1. The van der Waals surface area contributed by atoms with Gasteiger partial charge >= 0.3 is 7.82 Å². The molecule has 0 aromatic heterocycles. The molecule has 0 saturated heterocycles. The van der Waals surface area contributed by atoms with Gasteiger partial charge in [0.25, 0.3) is 0 Å². The minimum absolute atomic E-state index is 0.608. The Hall–Kier alpha value is -0.740. The molecular formula is C5H9O7P. The number of aliphatic hydroxyl groups excluding tert-OH is 2. The number of terminal acetylenes is 1. The van der Waals surface area contributed by atoms with Gasteiger partial charge in [-0.25, -0.2) is 4.57 Å². The summed E-state index contributed by atoms with van der Waals surface area (Å²) in [7, 11) is -4.64. The van der Waals surface area contributed by atoms with Crippen LogP contribution in [0.2, 0.25) is 0 Å². The molecule has 1 unspecified atom stereocenters. The lowest BCUT2D eigenvalue weighted by Gasteiger charge is -1.96. The highest BCUT2D eigenvalue weighted by molar-refractivity contribution is 7.45. The van der Waals surface area contributed by atoms with E-state index in [2.05, 4.69) is 6.42 Å². The van der Waals surface area contributed by atoms with Gasteiger partial charge in [0.05, 0.1) is 6.61 Å². The molecule has 0 aromatic carbocycles. The Balaban J connectivity index is 0. The lowest BCUT2D eigenvalue weighted by Crippen LogP contribution is -2.22. The Labute approximate surface area is 73.9 Å². The minimum Gasteiger partial charge on any atom is -0.393 e. The van der Waals surface area contributed by atoms with Gasteiger partial charge in [-0.05, 0) is 5.92 Å². The molecule has 0 aliphatic rings. The molecule has 76 valence electrons. The van der Waals surface area contributed by atoms with Gasteiger partial charge in [0.1, 0.15) is 6.10 Å². The summed E-state index contributed by atoms with van der Waals surface area (Å²) in [6.45, 7) is -0.608. The number of carbonyl (C=O) groups is 1. The van der Waals surface area contributed by atoms with E-state index in [4.69, 9.17) is 29.5 Å². The van der Waals surface area contributed by atoms with Crippen LogP contribution in [0, 0.1) is 12.3 Å². The van der Waals surface area contributed by atoms with Crippen molar-refractivity contribution in [1.29, 1.82) is 0 Å². The Morgan fingerprint density at radius 2 is 1.77 bits per heavy atom. The molecular weight excluding hydrogens is 203 g/mol. The standard InChI is InChI=1S/C5H6O3.H3O4P/c1-2-4(7)5(8)3-6;1-5(2,3)4/h1,5-6,8H,3H2;(H3,1,2,3,4). The van der Waals surface area contributed by atoms with Crippen LogP contribution in [-0.2, 0) is 9.36 Å². The van der Waals surface area contributed by atoms with Gasteiger partial charge in [0.15, 0.2) is 0 Å². The Kier molecular flexibility index (Phi) is 7.66. The van der Waals surface area contributed by atoms with Crippen molar-refractivity contribution < 1.29 is 34.3 Å². The molecule has 1 atom stereocenters. The first kappa shape index (κ1) is 14.8. The molecule has 0 radical (unpaired) electrons. The molecule has 8 heteroatoms. The van der Waals surface area contributed by atoms with E-state index in [9.17, 15) is 4.79 Å². The highest BCUT2D eigenvalue weighted by Crippen LogP contribution is 2.25. The first-order valence-corrected chi connectivity index (χ1v) is 4.36. The molecule has 7 nitrogen and oxygen atoms in total. The average Bonchev–Trinajstić information content (AvgIpc) is 1.98. The molecule has 13 heavy (non-hydrogen) atoms.